The number of hydrogen-bond donors (Lipinski definition) is 2. The predicted octanol–water partition coefficient (Wildman–Crippen LogP) is 2.95. The molecule has 5 heteroatoms. The zero-order chi connectivity index (χ0) is 16.2. The molecule has 0 spiro atoms. The van der Waals surface area contributed by atoms with E-state index in [2.05, 4.69) is 26.1 Å². The maximum atomic E-state index is 12.2. The third kappa shape index (κ3) is 4.35. The Morgan fingerprint density at radius 3 is 2.24 bits per heavy atom. The topological polar surface area (TPSA) is 69.6 Å². The van der Waals surface area contributed by atoms with Crippen molar-refractivity contribution in [2.75, 3.05) is 13.6 Å². The van der Waals surface area contributed by atoms with Crippen molar-refractivity contribution in [2.45, 2.75) is 59.4 Å². The van der Waals surface area contributed by atoms with Crippen LogP contribution >= 0.6 is 0 Å². The summed E-state index contributed by atoms with van der Waals surface area (Å²) >= 11 is 0. The minimum Gasteiger partial charge on any atom is -0.481 e. The predicted molar refractivity (Wildman–Crippen MR) is 83.2 cm³/mol. The molecule has 0 aromatic carbocycles. The van der Waals surface area contributed by atoms with E-state index < -0.39 is 11.4 Å². The highest BCUT2D eigenvalue weighted by molar-refractivity contribution is 5.78. The fraction of sp³-hybridized carbons (Fsp3) is 0.875. The highest BCUT2D eigenvalue weighted by Crippen LogP contribution is 2.38. The van der Waals surface area contributed by atoms with Crippen molar-refractivity contribution in [3.63, 3.8) is 0 Å². The molecule has 0 heterocycles. The number of rotatable bonds is 5. The smallest absolute Gasteiger partial charge is 0.317 e. The van der Waals surface area contributed by atoms with Gasteiger partial charge >= 0.3 is 12.0 Å². The molecule has 1 unspecified atom stereocenters. The Labute approximate surface area is 128 Å². The maximum Gasteiger partial charge on any atom is 0.317 e. The van der Waals surface area contributed by atoms with Crippen molar-refractivity contribution in [3.05, 3.63) is 0 Å². The van der Waals surface area contributed by atoms with Gasteiger partial charge < -0.3 is 15.3 Å². The summed E-state index contributed by atoms with van der Waals surface area (Å²) in [7, 11) is 1.76. The van der Waals surface area contributed by atoms with Crippen molar-refractivity contribution in [1.82, 2.24) is 10.2 Å². The number of carbonyl (C=O) groups is 2. The van der Waals surface area contributed by atoms with E-state index in [1.165, 1.54) is 0 Å². The average molecular weight is 298 g/mol. The molecule has 0 aliphatic heterocycles. The lowest BCUT2D eigenvalue weighted by Gasteiger charge is -2.37. The lowest BCUT2D eigenvalue weighted by molar-refractivity contribution is -0.151. The molecule has 1 fully saturated rings. The maximum absolute atomic E-state index is 12.2. The van der Waals surface area contributed by atoms with E-state index in [-0.39, 0.29) is 18.6 Å². The Morgan fingerprint density at radius 2 is 1.81 bits per heavy atom. The first-order valence-electron chi connectivity index (χ1n) is 7.93. The molecular formula is C16H30N2O3. The zero-order valence-electron chi connectivity index (χ0n) is 14.0. The van der Waals surface area contributed by atoms with Gasteiger partial charge in [-0.1, -0.05) is 20.8 Å². The van der Waals surface area contributed by atoms with Crippen LogP contribution in [-0.4, -0.2) is 41.6 Å². The van der Waals surface area contributed by atoms with Gasteiger partial charge in [0, 0.05) is 19.6 Å². The van der Waals surface area contributed by atoms with E-state index in [0.717, 1.165) is 12.8 Å². The van der Waals surface area contributed by atoms with Gasteiger partial charge in [0.15, 0.2) is 0 Å². The molecule has 1 aliphatic carbocycles. The molecule has 1 aliphatic rings. The minimum atomic E-state index is -0.788. The van der Waals surface area contributed by atoms with Crippen LogP contribution in [0.15, 0.2) is 0 Å². The van der Waals surface area contributed by atoms with Crippen LogP contribution in [0.5, 0.6) is 0 Å². The van der Waals surface area contributed by atoms with Crippen molar-refractivity contribution in [3.8, 4) is 0 Å². The Bertz CT molecular complexity index is 374. The summed E-state index contributed by atoms with van der Waals surface area (Å²) in [5.74, 6) is 0.163. The highest BCUT2D eigenvalue weighted by atomic mass is 16.4. The summed E-state index contributed by atoms with van der Waals surface area (Å²) < 4.78 is 0. The fourth-order valence-corrected chi connectivity index (χ4v) is 2.78. The second kappa shape index (κ2) is 7.14. The van der Waals surface area contributed by atoms with Gasteiger partial charge in [0.2, 0.25) is 0 Å². The standard InChI is InChI=1S/C16H30N2O3/c1-11(2)13(4)18(5)15(21)17-10-16(14(19)20)8-6-12(3)7-9-16/h11-13H,6-10H2,1-5H3,(H,17,21)(H,19,20). The van der Waals surface area contributed by atoms with Crippen LogP contribution < -0.4 is 5.32 Å². The summed E-state index contributed by atoms with van der Waals surface area (Å²) in [6.07, 6.45) is 3.13. The summed E-state index contributed by atoms with van der Waals surface area (Å²) in [6.45, 7) is 8.51. The van der Waals surface area contributed by atoms with E-state index in [4.69, 9.17) is 0 Å². The number of carbonyl (C=O) groups excluding carboxylic acids is 1. The molecule has 1 saturated carbocycles. The fourth-order valence-electron chi connectivity index (χ4n) is 2.78. The number of nitrogens with one attached hydrogen (secondary N) is 1. The van der Waals surface area contributed by atoms with Crippen molar-refractivity contribution >= 4 is 12.0 Å². The molecule has 0 aromatic rings. The van der Waals surface area contributed by atoms with Gasteiger partial charge in [0.1, 0.15) is 0 Å². The van der Waals surface area contributed by atoms with Gasteiger partial charge in [-0.2, -0.15) is 0 Å². The van der Waals surface area contributed by atoms with Crippen LogP contribution in [0.25, 0.3) is 0 Å². The van der Waals surface area contributed by atoms with Crippen LogP contribution in [0.1, 0.15) is 53.4 Å². The molecule has 5 nitrogen and oxygen atoms in total. The highest BCUT2D eigenvalue weighted by Gasteiger charge is 2.41. The summed E-state index contributed by atoms with van der Waals surface area (Å²) in [5, 5.41) is 12.4. The molecule has 21 heavy (non-hydrogen) atoms. The number of carboxylic acid groups (broad SMARTS) is 1. The van der Waals surface area contributed by atoms with E-state index in [9.17, 15) is 14.7 Å². The molecule has 0 saturated heterocycles. The lowest BCUT2D eigenvalue weighted by atomic mass is 9.71. The number of urea groups is 1. The first-order valence-corrected chi connectivity index (χ1v) is 7.93. The quantitative estimate of drug-likeness (QED) is 0.820. The molecule has 1 rings (SSSR count). The van der Waals surface area contributed by atoms with E-state index >= 15 is 0 Å². The van der Waals surface area contributed by atoms with Gasteiger partial charge in [-0.3, -0.25) is 4.79 Å². The summed E-state index contributed by atoms with van der Waals surface area (Å²) in [5.41, 5.74) is -0.788. The van der Waals surface area contributed by atoms with E-state index in [1.807, 2.05) is 6.92 Å². The van der Waals surface area contributed by atoms with Gasteiger partial charge in [-0.15, -0.1) is 0 Å². The van der Waals surface area contributed by atoms with Crippen LogP contribution in [-0.2, 0) is 4.79 Å². The molecule has 0 radical (unpaired) electrons. The second-order valence-electron chi connectivity index (χ2n) is 7.02. The first kappa shape index (κ1) is 17.8. The first-order chi connectivity index (χ1) is 9.69. The summed E-state index contributed by atoms with van der Waals surface area (Å²) in [4.78, 5) is 25.5. The van der Waals surface area contributed by atoms with Crippen molar-refractivity contribution in [1.29, 1.82) is 0 Å². The normalized spacial score (nSPS) is 27.2. The van der Waals surface area contributed by atoms with Gasteiger partial charge in [0.05, 0.1) is 5.41 Å². The molecule has 0 aromatic heterocycles. The second-order valence-corrected chi connectivity index (χ2v) is 7.02. The number of hydrogen-bond acceptors (Lipinski definition) is 2. The van der Waals surface area contributed by atoms with Crippen LogP contribution in [0.4, 0.5) is 4.79 Å². The summed E-state index contributed by atoms with van der Waals surface area (Å²) in [6, 6.07) is -0.0624. The largest absolute Gasteiger partial charge is 0.481 e. The van der Waals surface area contributed by atoms with Crippen LogP contribution in [0, 0.1) is 17.3 Å². The van der Waals surface area contributed by atoms with E-state index in [1.54, 1.807) is 11.9 Å². The molecule has 2 amide bonds. The van der Waals surface area contributed by atoms with Gasteiger partial charge in [0.25, 0.3) is 0 Å². The van der Waals surface area contributed by atoms with E-state index in [0.29, 0.717) is 24.7 Å². The monoisotopic (exact) mass is 298 g/mol. The SMILES string of the molecule is CC1CCC(CNC(=O)N(C)C(C)C(C)C)(C(=O)O)CC1. The molecule has 0 bridgehead atoms. The minimum absolute atomic E-state index is 0.122. The average Bonchev–Trinajstić information content (AvgIpc) is 2.44. The Kier molecular flexibility index (Phi) is 6.05. The van der Waals surface area contributed by atoms with Crippen LogP contribution in [0.2, 0.25) is 0 Å². The molecular weight excluding hydrogens is 268 g/mol. The number of aliphatic carboxylic acids is 1. The third-order valence-corrected chi connectivity index (χ3v) is 5.16. The van der Waals surface area contributed by atoms with Gasteiger partial charge in [-0.05, 0) is 44.4 Å². The Morgan fingerprint density at radius 1 is 1.29 bits per heavy atom. The molecule has 1 atom stereocenters. The number of nitrogens with zero attached hydrogens (tertiary/aromatic N) is 1. The van der Waals surface area contributed by atoms with Crippen molar-refractivity contribution < 1.29 is 14.7 Å². The van der Waals surface area contributed by atoms with Crippen LogP contribution in [0.3, 0.4) is 0 Å². The molecule has 122 valence electrons. The zero-order valence-corrected chi connectivity index (χ0v) is 14.0. The third-order valence-electron chi connectivity index (χ3n) is 5.16. The Balaban J connectivity index is 2.62. The lowest BCUT2D eigenvalue weighted by Crippen LogP contribution is -2.50. The number of amides is 2. The van der Waals surface area contributed by atoms with Crippen molar-refractivity contribution in [2.24, 2.45) is 17.3 Å². The Hall–Kier alpha value is -1.26. The number of carboxylic acids is 1. The van der Waals surface area contributed by atoms with Gasteiger partial charge in [-0.25, -0.2) is 4.79 Å². The molecule has 2 N–H and O–H groups in total.